The molecule has 5 rings (SSSR count). The second-order valence-electron chi connectivity index (χ2n) is 8.78. The molecule has 8 nitrogen and oxygen atoms in total. The van der Waals surface area contributed by atoms with E-state index in [1.54, 1.807) is 23.4 Å². The van der Waals surface area contributed by atoms with Gasteiger partial charge in [-0.3, -0.25) is 19.7 Å². The van der Waals surface area contributed by atoms with E-state index in [1.807, 2.05) is 41.3 Å². The zero-order valence-corrected chi connectivity index (χ0v) is 19.6. The molecule has 0 saturated carbocycles. The van der Waals surface area contributed by atoms with Crippen LogP contribution < -0.4 is 4.90 Å². The van der Waals surface area contributed by atoms with Gasteiger partial charge in [-0.2, -0.15) is 5.10 Å². The van der Waals surface area contributed by atoms with Crippen LogP contribution in [0.15, 0.2) is 54.9 Å². The third-order valence-corrected chi connectivity index (χ3v) is 6.88. The van der Waals surface area contributed by atoms with Crippen LogP contribution in [0.3, 0.4) is 0 Å². The maximum absolute atomic E-state index is 13.3. The van der Waals surface area contributed by atoms with Crippen molar-refractivity contribution >= 4 is 29.1 Å². The molecule has 4 heterocycles. The van der Waals surface area contributed by atoms with Crippen molar-refractivity contribution in [3.8, 4) is 11.3 Å². The molecule has 0 aliphatic carbocycles. The number of H-pyrrole nitrogens is 1. The SMILES string of the molecule is O=C(c1cc(-c2ccncc2)n[nH]1)N1CCCC(C(=O)N2CCN(c3ccc(Cl)cc3)CC2)C1. The molecule has 3 aromatic rings. The van der Waals surface area contributed by atoms with Crippen molar-refractivity contribution in [3.63, 3.8) is 0 Å². The number of benzene rings is 1. The van der Waals surface area contributed by atoms with Crippen molar-refractivity contribution in [3.05, 3.63) is 65.6 Å². The zero-order chi connectivity index (χ0) is 23.5. The summed E-state index contributed by atoms with van der Waals surface area (Å²) in [4.78, 5) is 36.4. The van der Waals surface area contributed by atoms with E-state index in [2.05, 4.69) is 20.1 Å². The van der Waals surface area contributed by atoms with E-state index in [-0.39, 0.29) is 17.7 Å². The summed E-state index contributed by atoms with van der Waals surface area (Å²) in [5.41, 5.74) is 3.16. The molecule has 2 amide bonds. The number of hydrogen-bond donors (Lipinski definition) is 1. The van der Waals surface area contributed by atoms with Crippen molar-refractivity contribution in [1.82, 2.24) is 25.0 Å². The predicted octanol–water partition coefficient (Wildman–Crippen LogP) is 3.33. The first-order valence-electron chi connectivity index (χ1n) is 11.6. The fraction of sp³-hybridized carbons (Fsp3) is 0.360. The van der Waals surface area contributed by atoms with Gasteiger partial charge in [-0.05, 0) is 55.3 Å². The molecule has 2 aliphatic rings. The van der Waals surface area contributed by atoms with Gasteiger partial charge in [-0.1, -0.05) is 11.6 Å². The van der Waals surface area contributed by atoms with Crippen molar-refractivity contribution in [2.24, 2.45) is 5.92 Å². The van der Waals surface area contributed by atoms with Gasteiger partial charge in [-0.15, -0.1) is 0 Å². The number of pyridine rings is 1. The Hall–Kier alpha value is -3.39. The van der Waals surface area contributed by atoms with Crippen LogP contribution in [-0.2, 0) is 4.79 Å². The van der Waals surface area contributed by atoms with Crippen LogP contribution in [0.5, 0.6) is 0 Å². The second-order valence-corrected chi connectivity index (χ2v) is 9.22. The van der Waals surface area contributed by atoms with Crippen LogP contribution >= 0.6 is 11.6 Å². The second kappa shape index (κ2) is 9.85. The molecule has 2 aliphatic heterocycles. The molecule has 2 aromatic heterocycles. The fourth-order valence-corrected chi connectivity index (χ4v) is 4.86. The number of carbonyl (C=O) groups is 2. The Kier molecular flexibility index (Phi) is 6.49. The van der Waals surface area contributed by atoms with Crippen molar-refractivity contribution < 1.29 is 9.59 Å². The molecule has 1 N–H and O–H groups in total. The number of amides is 2. The molecule has 2 fully saturated rings. The highest BCUT2D eigenvalue weighted by Crippen LogP contribution is 2.24. The summed E-state index contributed by atoms with van der Waals surface area (Å²) in [6.45, 7) is 4.03. The number of rotatable bonds is 4. The number of aromatic amines is 1. The summed E-state index contributed by atoms with van der Waals surface area (Å²) in [7, 11) is 0. The van der Waals surface area contributed by atoms with Gasteiger partial charge in [0.1, 0.15) is 5.69 Å². The maximum atomic E-state index is 13.3. The lowest BCUT2D eigenvalue weighted by atomic mass is 9.96. The first-order valence-corrected chi connectivity index (χ1v) is 12.0. The van der Waals surface area contributed by atoms with Crippen LogP contribution in [0.2, 0.25) is 5.02 Å². The Balaban J connectivity index is 1.18. The third kappa shape index (κ3) is 4.77. The van der Waals surface area contributed by atoms with Crippen LogP contribution in [0, 0.1) is 5.92 Å². The third-order valence-electron chi connectivity index (χ3n) is 6.63. The molecule has 1 aromatic carbocycles. The molecular formula is C25H27ClN6O2. The van der Waals surface area contributed by atoms with E-state index in [0.29, 0.717) is 37.6 Å². The maximum Gasteiger partial charge on any atom is 0.271 e. The highest BCUT2D eigenvalue weighted by molar-refractivity contribution is 6.30. The quantitative estimate of drug-likeness (QED) is 0.621. The van der Waals surface area contributed by atoms with Gasteiger partial charge in [0.2, 0.25) is 5.91 Å². The highest BCUT2D eigenvalue weighted by atomic mass is 35.5. The van der Waals surface area contributed by atoms with Crippen molar-refractivity contribution in [2.75, 3.05) is 44.2 Å². The van der Waals surface area contributed by atoms with Crippen LogP contribution in [0.4, 0.5) is 5.69 Å². The molecular weight excluding hydrogens is 452 g/mol. The number of aromatic nitrogens is 3. The number of nitrogens with one attached hydrogen (secondary N) is 1. The molecule has 2 saturated heterocycles. The molecule has 176 valence electrons. The minimum Gasteiger partial charge on any atom is -0.368 e. The largest absolute Gasteiger partial charge is 0.368 e. The molecule has 0 radical (unpaired) electrons. The minimum absolute atomic E-state index is 0.113. The van der Waals surface area contributed by atoms with Gasteiger partial charge < -0.3 is 14.7 Å². The molecule has 0 bridgehead atoms. The Labute approximate surface area is 203 Å². The monoisotopic (exact) mass is 478 g/mol. The van der Waals surface area contributed by atoms with Crippen LogP contribution in [0.1, 0.15) is 23.3 Å². The summed E-state index contributed by atoms with van der Waals surface area (Å²) in [5.74, 6) is -0.129. The number of nitrogens with zero attached hydrogens (tertiary/aromatic N) is 5. The van der Waals surface area contributed by atoms with E-state index < -0.39 is 0 Å². The van der Waals surface area contributed by atoms with E-state index in [0.717, 1.165) is 42.2 Å². The fourth-order valence-electron chi connectivity index (χ4n) is 4.73. The van der Waals surface area contributed by atoms with Gasteiger partial charge in [0.15, 0.2) is 0 Å². The van der Waals surface area contributed by atoms with Crippen LogP contribution in [-0.4, -0.2) is 76.1 Å². The van der Waals surface area contributed by atoms with E-state index in [9.17, 15) is 9.59 Å². The lowest BCUT2D eigenvalue weighted by Gasteiger charge is -2.39. The Morgan fingerprint density at radius 2 is 1.68 bits per heavy atom. The van der Waals surface area contributed by atoms with Gasteiger partial charge in [0.05, 0.1) is 11.6 Å². The topological polar surface area (TPSA) is 85.4 Å². The van der Waals surface area contributed by atoms with E-state index in [1.165, 1.54) is 0 Å². The summed E-state index contributed by atoms with van der Waals surface area (Å²) in [6, 6.07) is 13.3. The van der Waals surface area contributed by atoms with Crippen LogP contribution in [0.25, 0.3) is 11.3 Å². The highest BCUT2D eigenvalue weighted by Gasteiger charge is 2.33. The van der Waals surface area contributed by atoms with Crippen molar-refractivity contribution in [2.45, 2.75) is 12.8 Å². The summed E-state index contributed by atoms with van der Waals surface area (Å²) in [5, 5.41) is 7.86. The standard InChI is InChI=1S/C25H27ClN6O2/c26-20-3-5-21(6-4-20)30-12-14-31(15-13-30)24(33)19-2-1-11-32(17-19)25(34)23-16-22(28-29-23)18-7-9-27-10-8-18/h3-10,16,19H,1-2,11-15,17H2,(H,28,29). The van der Waals surface area contributed by atoms with Gasteiger partial charge in [0.25, 0.3) is 5.91 Å². The van der Waals surface area contributed by atoms with Crippen molar-refractivity contribution in [1.29, 1.82) is 0 Å². The first kappa shape index (κ1) is 22.4. The average molecular weight is 479 g/mol. The molecule has 1 unspecified atom stereocenters. The normalized spacial score (nSPS) is 18.7. The van der Waals surface area contributed by atoms with Gasteiger partial charge in [-0.25, -0.2) is 0 Å². The predicted molar refractivity (Wildman–Crippen MR) is 131 cm³/mol. The van der Waals surface area contributed by atoms with E-state index in [4.69, 9.17) is 11.6 Å². The Morgan fingerprint density at radius 3 is 2.41 bits per heavy atom. The lowest BCUT2D eigenvalue weighted by molar-refractivity contribution is -0.137. The smallest absolute Gasteiger partial charge is 0.271 e. The summed E-state index contributed by atoms with van der Waals surface area (Å²) < 4.78 is 0. The van der Waals surface area contributed by atoms with Gasteiger partial charge >= 0.3 is 0 Å². The molecule has 1 atom stereocenters. The molecule has 0 spiro atoms. The van der Waals surface area contributed by atoms with Gasteiger partial charge in [0, 0.05) is 67.9 Å². The number of piperidine rings is 1. The first-order chi connectivity index (χ1) is 16.6. The summed E-state index contributed by atoms with van der Waals surface area (Å²) >= 11 is 6.00. The van der Waals surface area contributed by atoms with E-state index >= 15 is 0 Å². The number of halogens is 1. The molecule has 34 heavy (non-hydrogen) atoms. The number of anilines is 1. The minimum atomic E-state index is -0.164. The lowest BCUT2D eigenvalue weighted by Crippen LogP contribution is -2.53. The summed E-state index contributed by atoms with van der Waals surface area (Å²) in [6.07, 6.45) is 5.02. The Bertz CT molecular complexity index is 1140. The molecule has 9 heteroatoms. The number of hydrogen-bond acceptors (Lipinski definition) is 5. The number of piperazine rings is 1. The average Bonchev–Trinajstić information content (AvgIpc) is 3.39. The Morgan fingerprint density at radius 1 is 0.941 bits per heavy atom. The zero-order valence-electron chi connectivity index (χ0n) is 18.9. The number of likely N-dealkylation sites (tertiary alicyclic amines) is 1. The number of carbonyl (C=O) groups excluding carboxylic acids is 2.